The number of amides is 1. The highest BCUT2D eigenvalue weighted by Crippen LogP contribution is 2.26. The second kappa shape index (κ2) is 9.34. The Labute approximate surface area is 187 Å². The van der Waals surface area contributed by atoms with Crippen LogP contribution in [-0.2, 0) is 6.42 Å². The van der Waals surface area contributed by atoms with E-state index in [-0.39, 0.29) is 11.7 Å². The van der Waals surface area contributed by atoms with E-state index in [1.165, 1.54) is 24.3 Å². The van der Waals surface area contributed by atoms with Gasteiger partial charge in [0, 0.05) is 49.4 Å². The molecule has 1 saturated heterocycles. The summed E-state index contributed by atoms with van der Waals surface area (Å²) in [6.45, 7) is 6.45. The van der Waals surface area contributed by atoms with Gasteiger partial charge in [0.15, 0.2) is 0 Å². The number of hydrogen-bond donors (Lipinski definition) is 0. The molecular formula is C25H27FN4O2. The van der Waals surface area contributed by atoms with Crippen LogP contribution in [0.2, 0.25) is 0 Å². The van der Waals surface area contributed by atoms with Crippen LogP contribution < -0.4 is 9.64 Å². The summed E-state index contributed by atoms with van der Waals surface area (Å²) >= 11 is 0. The fraction of sp³-hybridized carbons (Fsp3) is 0.320. The van der Waals surface area contributed by atoms with Gasteiger partial charge >= 0.3 is 0 Å². The molecule has 6 nitrogen and oxygen atoms in total. The quantitative estimate of drug-likeness (QED) is 0.612. The van der Waals surface area contributed by atoms with Crippen molar-refractivity contribution in [2.24, 2.45) is 0 Å². The molecule has 0 N–H and O–H groups in total. The van der Waals surface area contributed by atoms with Crippen molar-refractivity contribution in [2.75, 3.05) is 38.2 Å². The van der Waals surface area contributed by atoms with Crippen molar-refractivity contribution in [2.45, 2.75) is 20.3 Å². The van der Waals surface area contributed by atoms with Crippen LogP contribution in [0.5, 0.6) is 5.75 Å². The van der Waals surface area contributed by atoms with Crippen molar-refractivity contribution in [1.82, 2.24) is 14.9 Å². The molecule has 166 valence electrons. The second-order valence-corrected chi connectivity index (χ2v) is 7.97. The molecule has 4 rings (SSSR count). The average Bonchev–Trinajstić information content (AvgIpc) is 2.81. The normalized spacial score (nSPS) is 13.9. The predicted octanol–water partition coefficient (Wildman–Crippen LogP) is 3.79. The van der Waals surface area contributed by atoms with Crippen molar-refractivity contribution < 1.29 is 13.9 Å². The van der Waals surface area contributed by atoms with Gasteiger partial charge in [-0.15, -0.1) is 0 Å². The number of carbonyl (C=O) groups excluding carboxylic acids is 1. The first-order valence-corrected chi connectivity index (χ1v) is 10.7. The van der Waals surface area contributed by atoms with E-state index in [2.05, 4.69) is 22.0 Å². The van der Waals surface area contributed by atoms with E-state index < -0.39 is 0 Å². The zero-order valence-electron chi connectivity index (χ0n) is 18.6. The minimum atomic E-state index is -0.342. The Kier molecular flexibility index (Phi) is 6.35. The lowest BCUT2D eigenvalue weighted by molar-refractivity contribution is 0.0746. The Bertz CT molecular complexity index is 1090. The van der Waals surface area contributed by atoms with E-state index in [9.17, 15) is 9.18 Å². The van der Waals surface area contributed by atoms with Gasteiger partial charge in [-0.25, -0.2) is 14.4 Å². The number of anilines is 1. The first kappa shape index (κ1) is 21.7. The first-order chi connectivity index (χ1) is 15.4. The molecule has 2 aromatic carbocycles. The van der Waals surface area contributed by atoms with Crippen LogP contribution >= 0.6 is 0 Å². The number of rotatable bonds is 5. The molecule has 1 amide bonds. The summed E-state index contributed by atoms with van der Waals surface area (Å²) in [5.41, 5.74) is 3.73. The van der Waals surface area contributed by atoms with Gasteiger partial charge < -0.3 is 14.5 Å². The van der Waals surface area contributed by atoms with Crippen LogP contribution in [0.4, 0.5) is 10.2 Å². The van der Waals surface area contributed by atoms with Crippen molar-refractivity contribution in [3.8, 4) is 5.75 Å². The minimum absolute atomic E-state index is 0.0712. The van der Waals surface area contributed by atoms with Gasteiger partial charge in [0.2, 0.25) is 0 Å². The van der Waals surface area contributed by atoms with Crippen molar-refractivity contribution in [3.63, 3.8) is 0 Å². The Balaban J connectivity index is 1.51. The third kappa shape index (κ3) is 4.72. The fourth-order valence-electron chi connectivity index (χ4n) is 4.03. The third-order valence-corrected chi connectivity index (χ3v) is 5.80. The van der Waals surface area contributed by atoms with E-state index in [1.807, 2.05) is 30.9 Å². The van der Waals surface area contributed by atoms with E-state index >= 15 is 0 Å². The lowest BCUT2D eigenvalue weighted by Gasteiger charge is -2.36. The summed E-state index contributed by atoms with van der Waals surface area (Å²) < 4.78 is 18.4. The molecule has 1 fully saturated rings. The molecule has 0 radical (unpaired) electrons. The molecule has 32 heavy (non-hydrogen) atoms. The zero-order valence-corrected chi connectivity index (χ0v) is 18.6. The fourth-order valence-corrected chi connectivity index (χ4v) is 4.03. The second-order valence-electron chi connectivity index (χ2n) is 7.97. The first-order valence-electron chi connectivity index (χ1n) is 10.7. The number of halogens is 1. The smallest absolute Gasteiger partial charge is 0.253 e. The van der Waals surface area contributed by atoms with Crippen LogP contribution in [0.1, 0.15) is 33.0 Å². The maximum Gasteiger partial charge on any atom is 0.253 e. The van der Waals surface area contributed by atoms with Gasteiger partial charge in [-0.1, -0.05) is 12.1 Å². The zero-order chi connectivity index (χ0) is 22.7. The molecule has 0 atom stereocenters. The number of ether oxygens (including phenoxy) is 1. The van der Waals surface area contributed by atoms with Gasteiger partial charge in [-0.3, -0.25) is 4.79 Å². The van der Waals surface area contributed by atoms with Crippen molar-refractivity contribution >= 4 is 11.7 Å². The Morgan fingerprint density at radius 2 is 1.62 bits per heavy atom. The lowest BCUT2D eigenvalue weighted by atomic mass is 10.0. The molecule has 3 aromatic rings. The van der Waals surface area contributed by atoms with Crippen LogP contribution in [0.3, 0.4) is 0 Å². The molecule has 0 spiro atoms. The summed E-state index contributed by atoms with van der Waals surface area (Å²) in [6.07, 6.45) is 0.722. The highest BCUT2D eigenvalue weighted by atomic mass is 19.1. The predicted molar refractivity (Wildman–Crippen MR) is 122 cm³/mol. The van der Waals surface area contributed by atoms with Gasteiger partial charge in [0.1, 0.15) is 23.2 Å². The van der Waals surface area contributed by atoms with Gasteiger partial charge in [-0.2, -0.15) is 0 Å². The van der Waals surface area contributed by atoms with E-state index in [4.69, 9.17) is 9.72 Å². The standard InChI is InChI=1S/C25H27FN4O2/c1-17-23(16-19-4-10-22(32-3)11-5-19)24(28-18(2)27-17)29-12-14-30(15-13-29)25(31)20-6-8-21(26)9-7-20/h4-11H,12-16H2,1-3H3. The molecular weight excluding hydrogens is 407 g/mol. The molecule has 1 aliphatic rings. The van der Waals surface area contributed by atoms with E-state index in [1.54, 1.807) is 7.11 Å². The van der Waals surface area contributed by atoms with Gasteiger partial charge in [0.05, 0.1) is 7.11 Å². The Morgan fingerprint density at radius 1 is 0.969 bits per heavy atom. The van der Waals surface area contributed by atoms with Crippen molar-refractivity contribution in [3.05, 3.63) is 82.6 Å². The summed E-state index contributed by atoms with van der Waals surface area (Å²) in [4.78, 5) is 26.2. The molecule has 7 heteroatoms. The SMILES string of the molecule is COc1ccc(Cc2c(C)nc(C)nc2N2CCN(C(=O)c3ccc(F)cc3)CC2)cc1. The van der Waals surface area contributed by atoms with E-state index in [0.717, 1.165) is 40.6 Å². The van der Waals surface area contributed by atoms with Crippen LogP contribution in [0, 0.1) is 19.7 Å². The van der Waals surface area contributed by atoms with Gasteiger partial charge in [0.25, 0.3) is 5.91 Å². The summed E-state index contributed by atoms with van der Waals surface area (Å²) in [5, 5.41) is 0. The van der Waals surface area contributed by atoms with Crippen LogP contribution in [0.15, 0.2) is 48.5 Å². The highest BCUT2D eigenvalue weighted by Gasteiger charge is 2.25. The van der Waals surface area contributed by atoms with E-state index in [0.29, 0.717) is 31.7 Å². The summed E-state index contributed by atoms with van der Waals surface area (Å²) in [5.74, 6) is 2.08. The summed E-state index contributed by atoms with van der Waals surface area (Å²) in [6, 6.07) is 13.7. The molecule has 0 aliphatic carbocycles. The summed E-state index contributed by atoms with van der Waals surface area (Å²) in [7, 11) is 1.66. The molecule has 1 aromatic heterocycles. The maximum absolute atomic E-state index is 13.2. The number of aryl methyl sites for hydroxylation is 2. The van der Waals surface area contributed by atoms with Crippen molar-refractivity contribution in [1.29, 1.82) is 0 Å². The Hall–Kier alpha value is -3.48. The Morgan fingerprint density at radius 3 is 2.25 bits per heavy atom. The molecule has 0 saturated carbocycles. The number of hydrogen-bond acceptors (Lipinski definition) is 5. The van der Waals surface area contributed by atoms with Crippen LogP contribution in [-0.4, -0.2) is 54.1 Å². The number of piperazine rings is 1. The number of methoxy groups -OCH3 is 1. The third-order valence-electron chi connectivity index (χ3n) is 5.80. The maximum atomic E-state index is 13.2. The number of benzene rings is 2. The molecule has 2 heterocycles. The average molecular weight is 435 g/mol. The number of aromatic nitrogens is 2. The lowest BCUT2D eigenvalue weighted by Crippen LogP contribution is -2.49. The minimum Gasteiger partial charge on any atom is -0.497 e. The number of nitrogens with zero attached hydrogens (tertiary/aromatic N) is 4. The largest absolute Gasteiger partial charge is 0.497 e. The highest BCUT2D eigenvalue weighted by molar-refractivity contribution is 5.94. The monoisotopic (exact) mass is 434 g/mol. The molecule has 1 aliphatic heterocycles. The molecule has 0 unspecified atom stereocenters. The topological polar surface area (TPSA) is 58.6 Å². The molecule has 0 bridgehead atoms. The van der Waals surface area contributed by atoms with Crippen LogP contribution in [0.25, 0.3) is 0 Å². The van der Waals surface area contributed by atoms with Gasteiger partial charge in [-0.05, 0) is 55.8 Å². The number of carbonyl (C=O) groups is 1.